The first-order valence-electron chi connectivity index (χ1n) is 7.15. The van der Waals surface area contributed by atoms with Gasteiger partial charge in [0.05, 0.1) is 6.54 Å². The van der Waals surface area contributed by atoms with Crippen molar-refractivity contribution in [3.63, 3.8) is 0 Å². The summed E-state index contributed by atoms with van der Waals surface area (Å²) in [5.41, 5.74) is 0.623. The Morgan fingerprint density at radius 2 is 2.13 bits per heavy atom. The number of nitrogens with zero attached hydrogens (tertiary/aromatic N) is 3. The summed E-state index contributed by atoms with van der Waals surface area (Å²) in [5, 5.41) is 4.13. The van der Waals surface area contributed by atoms with Gasteiger partial charge in [-0.2, -0.15) is 13.9 Å². The molecule has 0 radical (unpaired) electrons. The highest BCUT2D eigenvalue weighted by Crippen LogP contribution is 2.39. The molecule has 0 aliphatic carbocycles. The lowest BCUT2D eigenvalue weighted by Gasteiger charge is -2.19. The highest BCUT2D eigenvalue weighted by Gasteiger charge is 2.20. The number of rotatable bonds is 7. The quantitative estimate of drug-likeness (QED) is 0.782. The maximum atomic E-state index is 12.6. The van der Waals surface area contributed by atoms with E-state index in [4.69, 9.17) is 9.47 Å². The first-order valence-corrected chi connectivity index (χ1v) is 7.15. The van der Waals surface area contributed by atoms with Crippen LogP contribution in [-0.2, 0) is 13.1 Å². The van der Waals surface area contributed by atoms with Crippen LogP contribution in [0.25, 0.3) is 0 Å². The van der Waals surface area contributed by atoms with Crippen LogP contribution in [0.15, 0.2) is 30.6 Å². The number of benzene rings is 1. The lowest BCUT2D eigenvalue weighted by atomic mass is 10.1. The second-order valence-electron chi connectivity index (χ2n) is 5.20. The third kappa shape index (κ3) is 3.89. The Labute approximate surface area is 132 Å². The monoisotopic (exact) mass is 325 g/mol. The molecule has 1 aromatic carbocycles. The predicted molar refractivity (Wildman–Crippen MR) is 77.8 cm³/mol. The summed E-state index contributed by atoms with van der Waals surface area (Å²) in [6.07, 6.45) is 3.59. The average molecular weight is 325 g/mol. The number of hydrogen-bond donors (Lipinski definition) is 0. The van der Waals surface area contributed by atoms with Crippen molar-refractivity contribution in [1.29, 1.82) is 0 Å². The molecule has 0 saturated heterocycles. The standard InChI is InChI=1S/C15H17F2N3O3/c1-19(5-6-20-4-2-3-18-20)9-11-7-13-14(22-10-21-13)8-12(11)23-15(16)17/h2-4,7-8,15H,5-6,9-10H2,1H3. The zero-order chi connectivity index (χ0) is 16.2. The molecule has 23 heavy (non-hydrogen) atoms. The maximum absolute atomic E-state index is 12.6. The van der Waals surface area contributed by atoms with Crippen molar-refractivity contribution in [3.8, 4) is 17.2 Å². The van der Waals surface area contributed by atoms with Crippen LogP contribution in [-0.4, -0.2) is 41.7 Å². The van der Waals surface area contributed by atoms with Gasteiger partial charge in [0, 0.05) is 37.1 Å². The molecule has 1 aliphatic rings. The Bertz CT molecular complexity index is 650. The van der Waals surface area contributed by atoms with Crippen LogP contribution >= 0.6 is 0 Å². The molecule has 124 valence electrons. The van der Waals surface area contributed by atoms with Crippen molar-refractivity contribution in [2.45, 2.75) is 19.7 Å². The summed E-state index contributed by atoms with van der Waals surface area (Å²) in [6.45, 7) is -0.936. The van der Waals surface area contributed by atoms with Gasteiger partial charge in [0.2, 0.25) is 6.79 Å². The minimum Gasteiger partial charge on any atom is -0.454 e. The number of halogens is 2. The van der Waals surface area contributed by atoms with Crippen molar-refractivity contribution < 1.29 is 23.0 Å². The second kappa shape index (κ2) is 6.82. The van der Waals surface area contributed by atoms with Crippen LogP contribution in [0, 0.1) is 0 Å². The zero-order valence-corrected chi connectivity index (χ0v) is 12.6. The number of alkyl halides is 2. The molecule has 0 saturated carbocycles. The summed E-state index contributed by atoms with van der Waals surface area (Å²) in [7, 11) is 1.90. The molecule has 3 rings (SSSR count). The number of hydrogen-bond acceptors (Lipinski definition) is 5. The van der Waals surface area contributed by atoms with E-state index in [0.29, 0.717) is 36.7 Å². The lowest BCUT2D eigenvalue weighted by molar-refractivity contribution is -0.0508. The summed E-state index contributed by atoms with van der Waals surface area (Å²) >= 11 is 0. The number of likely N-dealkylation sites (N-methyl/N-ethyl adjacent to an activating group) is 1. The fourth-order valence-corrected chi connectivity index (χ4v) is 2.37. The van der Waals surface area contributed by atoms with E-state index in [1.807, 2.05) is 28.9 Å². The molecule has 0 unspecified atom stereocenters. The molecule has 1 aliphatic heterocycles. The minimum atomic E-state index is -2.89. The van der Waals surface area contributed by atoms with Gasteiger partial charge in [-0.05, 0) is 19.2 Å². The molecule has 0 fully saturated rings. The van der Waals surface area contributed by atoms with E-state index in [0.717, 1.165) is 0 Å². The van der Waals surface area contributed by atoms with Gasteiger partial charge in [0.1, 0.15) is 5.75 Å². The fraction of sp³-hybridized carbons (Fsp3) is 0.400. The minimum absolute atomic E-state index is 0.0854. The molecule has 2 heterocycles. The molecule has 0 spiro atoms. The fourth-order valence-electron chi connectivity index (χ4n) is 2.37. The first-order chi connectivity index (χ1) is 11.1. The largest absolute Gasteiger partial charge is 0.454 e. The Hall–Kier alpha value is -2.35. The Morgan fingerprint density at radius 1 is 1.35 bits per heavy atom. The van der Waals surface area contributed by atoms with E-state index in [-0.39, 0.29) is 12.5 Å². The van der Waals surface area contributed by atoms with Crippen LogP contribution in [0.3, 0.4) is 0 Å². The van der Waals surface area contributed by atoms with Crippen LogP contribution in [0.2, 0.25) is 0 Å². The highest BCUT2D eigenvalue weighted by molar-refractivity contribution is 5.51. The number of aromatic nitrogens is 2. The van der Waals surface area contributed by atoms with Crippen molar-refractivity contribution in [1.82, 2.24) is 14.7 Å². The molecule has 8 heteroatoms. The highest BCUT2D eigenvalue weighted by atomic mass is 19.3. The molecule has 0 amide bonds. The topological polar surface area (TPSA) is 48.8 Å². The SMILES string of the molecule is CN(CCn1cccn1)Cc1cc2c(cc1OC(F)F)OCO2. The van der Waals surface area contributed by atoms with Crippen molar-refractivity contribution in [2.24, 2.45) is 0 Å². The van der Waals surface area contributed by atoms with E-state index < -0.39 is 6.61 Å². The zero-order valence-electron chi connectivity index (χ0n) is 12.6. The second-order valence-corrected chi connectivity index (χ2v) is 5.20. The van der Waals surface area contributed by atoms with Crippen LogP contribution < -0.4 is 14.2 Å². The van der Waals surface area contributed by atoms with Gasteiger partial charge >= 0.3 is 6.61 Å². The number of ether oxygens (including phenoxy) is 3. The average Bonchev–Trinajstić information content (AvgIpc) is 3.15. The summed E-state index contributed by atoms with van der Waals surface area (Å²) in [6, 6.07) is 4.99. The van der Waals surface area contributed by atoms with E-state index in [1.54, 1.807) is 12.3 Å². The van der Waals surface area contributed by atoms with Crippen LogP contribution in [0.1, 0.15) is 5.56 Å². The Balaban J connectivity index is 1.69. The first kappa shape index (κ1) is 15.5. The third-order valence-electron chi connectivity index (χ3n) is 3.48. The van der Waals surface area contributed by atoms with E-state index in [1.165, 1.54) is 6.07 Å². The lowest BCUT2D eigenvalue weighted by Crippen LogP contribution is -2.23. The maximum Gasteiger partial charge on any atom is 0.387 e. The van der Waals surface area contributed by atoms with Crippen LogP contribution in [0.4, 0.5) is 8.78 Å². The normalized spacial score (nSPS) is 13.1. The smallest absolute Gasteiger partial charge is 0.387 e. The third-order valence-corrected chi connectivity index (χ3v) is 3.48. The van der Waals surface area contributed by atoms with Gasteiger partial charge in [-0.15, -0.1) is 0 Å². The predicted octanol–water partition coefficient (Wildman–Crippen LogP) is 2.35. The van der Waals surface area contributed by atoms with Crippen molar-refractivity contribution in [3.05, 3.63) is 36.2 Å². The van der Waals surface area contributed by atoms with Gasteiger partial charge < -0.3 is 19.1 Å². The Morgan fingerprint density at radius 3 is 2.83 bits per heavy atom. The van der Waals surface area contributed by atoms with Crippen molar-refractivity contribution in [2.75, 3.05) is 20.4 Å². The van der Waals surface area contributed by atoms with Gasteiger partial charge in [0.15, 0.2) is 11.5 Å². The van der Waals surface area contributed by atoms with Gasteiger partial charge in [-0.1, -0.05) is 0 Å². The van der Waals surface area contributed by atoms with E-state index >= 15 is 0 Å². The molecular weight excluding hydrogens is 308 g/mol. The molecule has 0 atom stereocenters. The molecular formula is C15H17F2N3O3. The summed E-state index contributed by atoms with van der Waals surface area (Å²) in [5.74, 6) is 1.07. The molecule has 6 nitrogen and oxygen atoms in total. The summed E-state index contributed by atoms with van der Waals surface area (Å²) < 4.78 is 42.1. The molecule has 0 bridgehead atoms. The molecule has 2 aromatic rings. The van der Waals surface area contributed by atoms with Crippen molar-refractivity contribution >= 4 is 0 Å². The molecule has 1 aromatic heterocycles. The van der Waals surface area contributed by atoms with E-state index in [2.05, 4.69) is 9.84 Å². The summed E-state index contributed by atoms with van der Waals surface area (Å²) in [4.78, 5) is 2.00. The van der Waals surface area contributed by atoms with Gasteiger partial charge in [-0.3, -0.25) is 4.68 Å². The van der Waals surface area contributed by atoms with Gasteiger partial charge in [0.25, 0.3) is 0 Å². The van der Waals surface area contributed by atoms with Gasteiger partial charge in [-0.25, -0.2) is 0 Å². The van der Waals surface area contributed by atoms with E-state index in [9.17, 15) is 8.78 Å². The number of fused-ring (bicyclic) bond motifs is 1. The van der Waals surface area contributed by atoms with Crippen LogP contribution in [0.5, 0.6) is 17.2 Å². The Kier molecular flexibility index (Phi) is 4.61. The molecule has 0 N–H and O–H groups in total.